The van der Waals surface area contributed by atoms with Crippen molar-refractivity contribution >= 4 is 10.0 Å². The van der Waals surface area contributed by atoms with Crippen LogP contribution in [0.25, 0.3) is 0 Å². The summed E-state index contributed by atoms with van der Waals surface area (Å²) in [6, 6.07) is 5.65. The first kappa shape index (κ1) is 15.8. The first-order valence-electron chi connectivity index (χ1n) is 7.81. The Morgan fingerprint density at radius 1 is 1.27 bits per heavy atom. The molecule has 1 aromatic rings. The van der Waals surface area contributed by atoms with Crippen molar-refractivity contribution in [2.75, 3.05) is 20.2 Å². The van der Waals surface area contributed by atoms with Gasteiger partial charge in [-0.2, -0.15) is 0 Å². The highest BCUT2D eigenvalue weighted by molar-refractivity contribution is 7.89. The standard InChI is InChI=1S/C16H24N2O3S/c1-11-8-14(6-7-16(11)21-3)22(19,20)17-15-10-18(9-12(15)2)13-4-5-13/h6-8,12-13,15,17H,4-5,9-10H2,1-3H3/t12-,15-/m1/s1. The third-order valence-corrected chi connectivity index (χ3v) is 6.17. The van der Waals surface area contributed by atoms with Gasteiger partial charge in [0.05, 0.1) is 12.0 Å². The molecule has 122 valence electrons. The second-order valence-corrected chi connectivity index (χ2v) is 8.24. The minimum atomic E-state index is -3.49. The molecule has 1 aromatic carbocycles. The Labute approximate surface area is 132 Å². The second-order valence-electron chi connectivity index (χ2n) is 6.52. The Hall–Kier alpha value is -1.11. The Bertz CT molecular complexity index is 655. The molecule has 22 heavy (non-hydrogen) atoms. The van der Waals surface area contributed by atoms with Gasteiger partial charge in [0.2, 0.25) is 10.0 Å². The fourth-order valence-corrected chi connectivity index (χ4v) is 4.60. The monoisotopic (exact) mass is 324 g/mol. The van der Waals surface area contributed by atoms with Gasteiger partial charge in [-0.3, -0.25) is 4.90 Å². The molecule has 0 bridgehead atoms. The quantitative estimate of drug-likeness (QED) is 0.897. The van der Waals surface area contributed by atoms with Gasteiger partial charge in [0, 0.05) is 25.2 Å². The van der Waals surface area contributed by atoms with E-state index in [4.69, 9.17) is 4.74 Å². The third kappa shape index (κ3) is 3.14. The molecule has 1 N–H and O–H groups in total. The van der Waals surface area contributed by atoms with Crippen molar-refractivity contribution < 1.29 is 13.2 Å². The average molecular weight is 324 g/mol. The topological polar surface area (TPSA) is 58.6 Å². The van der Waals surface area contributed by atoms with Crippen molar-refractivity contribution in [3.63, 3.8) is 0 Å². The summed E-state index contributed by atoms with van der Waals surface area (Å²) in [6.45, 7) is 5.78. The number of likely N-dealkylation sites (tertiary alicyclic amines) is 1. The van der Waals surface area contributed by atoms with E-state index >= 15 is 0 Å². The summed E-state index contributed by atoms with van der Waals surface area (Å²) in [6.07, 6.45) is 2.51. The number of methoxy groups -OCH3 is 1. The van der Waals surface area contributed by atoms with E-state index in [2.05, 4.69) is 16.5 Å². The van der Waals surface area contributed by atoms with E-state index in [1.54, 1.807) is 25.3 Å². The van der Waals surface area contributed by atoms with Crippen LogP contribution in [0, 0.1) is 12.8 Å². The molecule has 2 aliphatic rings. The largest absolute Gasteiger partial charge is 0.496 e. The van der Waals surface area contributed by atoms with Crippen molar-refractivity contribution in [1.82, 2.24) is 9.62 Å². The number of hydrogen-bond donors (Lipinski definition) is 1. The van der Waals surface area contributed by atoms with Crippen LogP contribution in [-0.4, -0.2) is 45.6 Å². The van der Waals surface area contributed by atoms with Gasteiger partial charge in [0.15, 0.2) is 0 Å². The number of nitrogens with one attached hydrogen (secondary N) is 1. The zero-order valence-corrected chi connectivity index (χ0v) is 14.2. The first-order chi connectivity index (χ1) is 10.4. The van der Waals surface area contributed by atoms with Crippen LogP contribution >= 0.6 is 0 Å². The van der Waals surface area contributed by atoms with Crippen LogP contribution in [0.4, 0.5) is 0 Å². The van der Waals surface area contributed by atoms with E-state index in [1.165, 1.54) is 12.8 Å². The lowest BCUT2D eigenvalue weighted by molar-refractivity contribution is 0.315. The van der Waals surface area contributed by atoms with Crippen LogP contribution in [-0.2, 0) is 10.0 Å². The molecule has 1 aliphatic carbocycles. The van der Waals surface area contributed by atoms with Crippen LogP contribution < -0.4 is 9.46 Å². The summed E-state index contributed by atoms with van der Waals surface area (Å²) in [4.78, 5) is 2.72. The maximum Gasteiger partial charge on any atom is 0.240 e. The predicted molar refractivity (Wildman–Crippen MR) is 85.6 cm³/mol. The number of aryl methyl sites for hydroxylation is 1. The van der Waals surface area contributed by atoms with Crippen LogP contribution in [0.15, 0.2) is 23.1 Å². The van der Waals surface area contributed by atoms with Gasteiger partial charge >= 0.3 is 0 Å². The summed E-state index contributed by atoms with van der Waals surface area (Å²) in [7, 11) is -1.90. The summed E-state index contributed by atoms with van der Waals surface area (Å²) >= 11 is 0. The molecule has 5 nitrogen and oxygen atoms in total. The van der Waals surface area contributed by atoms with Crippen molar-refractivity contribution in [2.45, 2.75) is 43.7 Å². The minimum absolute atomic E-state index is 0.00647. The summed E-state index contributed by atoms with van der Waals surface area (Å²) < 4.78 is 33.3. The molecule has 6 heteroatoms. The highest BCUT2D eigenvalue weighted by Gasteiger charge is 2.39. The van der Waals surface area contributed by atoms with E-state index in [0.29, 0.717) is 22.6 Å². The normalized spacial score (nSPS) is 26.3. The first-order valence-corrected chi connectivity index (χ1v) is 9.30. The predicted octanol–water partition coefficient (Wildman–Crippen LogP) is 1.76. The van der Waals surface area contributed by atoms with Crippen LogP contribution in [0.1, 0.15) is 25.3 Å². The van der Waals surface area contributed by atoms with E-state index in [0.717, 1.165) is 18.7 Å². The van der Waals surface area contributed by atoms with Crippen molar-refractivity contribution in [3.05, 3.63) is 23.8 Å². The van der Waals surface area contributed by atoms with Gasteiger partial charge in [0.1, 0.15) is 5.75 Å². The van der Waals surface area contributed by atoms with E-state index in [-0.39, 0.29) is 6.04 Å². The lowest BCUT2D eigenvalue weighted by Crippen LogP contribution is -2.40. The van der Waals surface area contributed by atoms with Gasteiger partial charge in [-0.25, -0.2) is 13.1 Å². The van der Waals surface area contributed by atoms with Crippen LogP contribution in [0.5, 0.6) is 5.75 Å². The van der Waals surface area contributed by atoms with Crippen molar-refractivity contribution in [1.29, 1.82) is 0 Å². The lowest BCUT2D eigenvalue weighted by Gasteiger charge is -2.17. The Morgan fingerprint density at radius 2 is 2.00 bits per heavy atom. The van der Waals surface area contributed by atoms with Crippen molar-refractivity contribution in [2.24, 2.45) is 5.92 Å². The summed E-state index contributed by atoms with van der Waals surface area (Å²) in [5, 5.41) is 0. The zero-order chi connectivity index (χ0) is 15.9. The maximum absolute atomic E-state index is 12.6. The molecule has 2 fully saturated rings. The second kappa shape index (κ2) is 5.83. The van der Waals surface area contributed by atoms with Crippen LogP contribution in [0.3, 0.4) is 0 Å². The molecule has 0 aromatic heterocycles. The number of nitrogens with zero attached hydrogens (tertiary/aromatic N) is 1. The Morgan fingerprint density at radius 3 is 2.59 bits per heavy atom. The molecule has 0 amide bonds. The number of rotatable bonds is 5. The highest BCUT2D eigenvalue weighted by atomic mass is 32.2. The Kier molecular flexibility index (Phi) is 4.18. The molecule has 0 spiro atoms. The zero-order valence-electron chi connectivity index (χ0n) is 13.4. The molecule has 3 rings (SSSR count). The van der Waals surface area contributed by atoms with Gasteiger partial charge in [-0.1, -0.05) is 6.92 Å². The van der Waals surface area contributed by atoms with Gasteiger partial charge in [-0.05, 0) is 49.4 Å². The smallest absolute Gasteiger partial charge is 0.240 e. The fourth-order valence-electron chi connectivity index (χ4n) is 3.18. The molecule has 1 aliphatic heterocycles. The van der Waals surface area contributed by atoms with Gasteiger partial charge in [0.25, 0.3) is 0 Å². The molecule has 1 heterocycles. The number of sulfonamides is 1. The number of hydrogen-bond acceptors (Lipinski definition) is 4. The average Bonchev–Trinajstić information content (AvgIpc) is 3.25. The van der Waals surface area contributed by atoms with Crippen LogP contribution in [0.2, 0.25) is 0 Å². The molecule has 2 atom stereocenters. The summed E-state index contributed by atoms with van der Waals surface area (Å²) in [5.74, 6) is 1.04. The van der Waals surface area contributed by atoms with Gasteiger partial charge < -0.3 is 4.74 Å². The molecule has 0 radical (unpaired) electrons. The molecule has 1 saturated carbocycles. The molecule has 1 saturated heterocycles. The van der Waals surface area contributed by atoms with E-state index in [1.807, 2.05) is 6.92 Å². The minimum Gasteiger partial charge on any atom is -0.496 e. The number of ether oxygens (including phenoxy) is 1. The fraction of sp³-hybridized carbons (Fsp3) is 0.625. The highest BCUT2D eigenvalue weighted by Crippen LogP contribution is 2.32. The number of benzene rings is 1. The maximum atomic E-state index is 12.6. The van der Waals surface area contributed by atoms with Crippen molar-refractivity contribution in [3.8, 4) is 5.75 Å². The molecular weight excluding hydrogens is 300 g/mol. The van der Waals surface area contributed by atoms with E-state index < -0.39 is 10.0 Å². The summed E-state index contributed by atoms with van der Waals surface area (Å²) in [5.41, 5.74) is 0.824. The molecule has 0 unspecified atom stereocenters. The van der Waals surface area contributed by atoms with E-state index in [9.17, 15) is 8.42 Å². The third-order valence-electron chi connectivity index (χ3n) is 4.69. The van der Waals surface area contributed by atoms with Gasteiger partial charge in [-0.15, -0.1) is 0 Å². The Balaban J connectivity index is 1.74. The SMILES string of the molecule is COc1ccc(S(=O)(=O)N[C@@H]2CN(C3CC3)C[C@H]2C)cc1C. The lowest BCUT2D eigenvalue weighted by atomic mass is 10.1. The molecular formula is C16H24N2O3S.